The zero-order chi connectivity index (χ0) is 16.3. The summed E-state index contributed by atoms with van der Waals surface area (Å²) in [5.74, 6) is -0.623. The Balaban J connectivity index is 2.22. The number of hydrogen-bond donors (Lipinski definition) is 1. The van der Waals surface area contributed by atoms with Gasteiger partial charge in [-0.1, -0.05) is 0 Å². The first-order valence-corrected chi connectivity index (χ1v) is 8.14. The van der Waals surface area contributed by atoms with E-state index >= 15 is 0 Å². The van der Waals surface area contributed by atoms with E-state index in [4.69, 9.17) is 0 Å². The predicted molar refractivity (Wildman–Crippen MR) is 79.6 cm³/mol. The summed E-state index contributed by atoms with van der Waals surface area (Å²) in [5.41, 5.74) is 0.0304. The molecule has 0 amide bonds. The molecule has 1 aromatic heterocycles. The smallest absolute Gasteiger partial charge is 0.348 e. The van der Waals surface area contributed by atoms with E-state index < -0.39 is 20.9 Å². The highest BCUT2D eigenvalue weighted by molar-refractivity contribution is 7.92. The summed E-state index contributed by atoms with van der Waals surface area (Å²) in [4.78, 5) is 21.3. The number of sulfonamides is 1. The summed E-state index contributed by atoms with van der Waals surface area (Å²) >= 11 is 0.943. The first-order chi connectivity index (χ1) is 10.3. The van der Waals surface area contributed by atoms with E-state index in [1.807, 2.05) is 0 Å². The Hall–Kier alpha value is -2.46. The second-order valence-electron chi connectivity index (χ2n) is 4.05. The zero-order valence-electron chi connectivity index (χ0n) is 11.2. The highest BCUT2D eigenvalue weighted by atomic mass is 32.2. The van der Waals surface area contributed by atoms with Crippen LogP contribution in [-0.4, -0.2) is 26.4 Å². The van der Waals surface area contributed by atoms with Crippen LogP contribution in [0.3, 0.4) is 0 Å². The Morgan fingerprint density at radius 2 is 1.95 bits per heavy atom. The Kier molecular flexibility index (Phi) is 4.43. The van der Waals surface area contributed by atoms with Crippen molar-refractivity contribution in [2.45, 2.75) is 4.90 Å². The summed E-state index contributed by atoms with van der Waals surface area (Å²) in [6, 6.07) is 6.13. The second kappa shape index (κ2) is 6.12. The molecule has 22 heavy (non-hydrogen) atoms. The number of anilines is 1. The number of ether oxygens (including phenoxy) is 1. The van der Waals surface area contributed by atoms with Gasteiger partial charge in [0.15, 0.2) is 0 Å². The Labute approximate surface area is 129 Å². The number of carbonyl (C=O) groups is 1. The van der Waals surface area contributed by atoms with Gasteiger partial charge >= 0.3 is 5.97 Å². The molecule has 0 aliphatic carbocycles. The molecule has 0 saturated carbocycles. The lowest BCUT2D eigenvalue weighted by atomic mass is 10.3. The maximum Gasteiger partial charge on any atom is 0.348 e. The minimum Gasteiger partial charge on any atom is -0.465 e. The van der Waals surface area contributed by atoms with Crippen molar-refractivity contribution in [1.29, 1.82) is 0 Å². The van der Waals surface area contributed by atoms with E-state index in [1.165, 1.54) is 42.8 Å². The Morgan fingerprint density at radius 3 is 2.50 bits per heavy atom. The van der Waals surface area contributed by atoms with Crippen molar-refractivity contribution in [3.05, 3.63) is 50.7 Å². The molecule has 0 saturated heterocycles. The Morgan fingerprint density at radius 1 is 1.32 bits per heavy atom. The number of rotatable bonds is 5. The zero-order valence-corrected chi connectivity index (χ0v) is 12.8. The number of non-ortho nitro benzene ring substituents is 1. The van der Waals surface area contributed by atoms with Crippen LogP contribution < -0.4 is 4.72 Å². The number of nitro benzene ring substituents is 1. The van der Waals surface area contributed by atoms with Gasteiger partial charge in [-0.15, -0.1) is 11.3 Å². The molecule has 0 radical (unpaired) electrons. The van der Waals surface area contributed by atoms with Crippen LogP contribution in [-0.2, 0) is 14.8 Å². The number of methoxy groups -OCH3 is 1. The summed E-state index contributed by atoms with van der Waals surface area (Å²) in [6.07, 6.45) is 0. The van der Waals surface area contributed by atoms with Gasteiger partial charge in [-0.25, -0.2) is 13.2 Å². The molecule has 10 heteroatoms. The van der Waals surface area contributed by atoms with Gasteiger partial charge < -0.3 is 4.74 Å². The van der Waals surface area contributed by atoms with E-state index in [-0.39, 0.29) is 21.1 Å². The van der Waals surface area contributed by atoms with Crippen molar-refractivity contribution in [3.63, 3.8) is 0 Å². The average molecular weight is 342 g/mol. The fourth-order valence-electron chi connectivity index (χ4n) is 1.53. The topological polar surface area (TPSA) is 116 Å². The highest BCUT2D eigenvalue weighted by Gasteiger charge is 2.19. The summed E-state index contributed by atoms with van der Waals surface area (Å²) < 4.78 is 31.1. The number of nitrogens with zero attached hydrogens (tertiary/aromatic N) is 1. The van der Waals surface area contributed by atoms with E-state index in [0.29, 0.717) is 0 Å². The lowest BCUT2D eigenvalue weighted by molar-refractivity contribution is -0.384. The van der Waals surface area contributed by atoms with Crippen LogP contribution >= 0.6 is 11.3 Å². The Bertz CT molecular complexity index is 810. The van der Waals surface area contributed by atoms with Crippen LogP contribution in [0.2, 0.25) is 0 Å². The van der Waals surface area contributed by atoms with E-state index in [1.54, 1.807) is 0 Å². The molecule has 116 valence electrons. The van der Waals surface area contributed by atoms with Gasteiger partial charge in [-0.05, 0) is 18.2 Å². The fourth-order valence-corrected chi connectivity index (χ4v) is 3.78. The number of esters is 1. The number of nitro groups is 1. The number of thiophene rings is 1. The molecule has 0 atom stereocenters. The SMILES string of the molecule is COC(=O)c1cc(S(=O)(=O)Nc2ccc([N+](=O)[O-])cc2)cs1. The monoisotopic (exact) mass is 342 g/mol. The lowest BCUT2D eigenvalue weighted by Gasteiger charge is -2.05. The normalized spacial score (nSPS) is 11.0. The quantitative estimate of drug-likeness (QED) is 0.506. The van der Waals surface area contributed by atoms with Crippen molar-refractivity contribution in [3.8, 4) is 0 Å². The molecule has 2 rings (SSSR count). The van der Waals surface area contributed by atoms with Crippen molar-refractivity contribution in [2.24, 2.45) is 0 Å². The molecule has 0 aliphatic rings. The number of benzene rings is 1. The number of hydrogen-bond acceptors (Lipinski definition) is 7. The molecule has 1 N–H and O–H groups in total. The van der Waals surface area contributed by atoms with Crippen molar-refractivity contribution in [2.75, 3.05) is 11.8 Å². The van der Waals surface area contributed by atoms with Crippen LogP contribution in [0, 0.1) is 10.1 Å². The standard InChI is InChI=1S/C12H10N2O6S2/c1-20-12(15)11-6-10(7-21-11)22(18,19)13-8-2-4-9(5-3-8)14(16)17/h2-7,13H,1H3. The maximum absolute atomic E-state index is 12.2. The molecule has 0 spiro atoms. The van der Waals surface area contributed by atoms with Crippen LogP contribution in [0.15, 0.2) is 40.6 Å². The van der Waals surface area contributed by atoms with Gasteiger partial charge in [0, 0.05) is 23.2 Å². The third kappa shape index (κ3) is 3.40. The molecule has 1 aromatic carbocycles. The number of carbonyl (C=O) groups excluding carboxylic acids is 1. The summed E-state index contributed by atoms with van der Waals surface area (Å²) in [6.45, 7) is 0. The molecule has 0 aliphatic heterocycles. The number of nitrogens with one attached hydrogen (secondary N) is 1. The van der Waals surface area contributed by atoms with E-state index in [9.17, 15) is 23.3 Å². The van der Waals surface area contributed by atoms with Gasteiger partial charge in [-0.2, -0.15) is 0 Å². The van der Waals surface area contributed by atoms with Crippen molar-refractivity contribution < 1.29 is 22.9 Å². The first-order valence-electron chi connectivity index (χ1n) is 5.77. The van der Waals surface area contributed by atoms with Crippen LogP contribution in [0.1, 0.15) is 9.67 Å². The van der Waals surface area contributed by atoms with Crippen LogP contribution in [0.25, 0.3) is 0 Å². The largest absolute Gasteiger partial charge is 0.465 e. The lowest BCUT2D eigenvalue weighted by Crippen LogP contribution is -2.12. The third-order valence-corrected chi connectivity index (χ3v) is 5.02. The highest BCUT2D eigenvalue weighted by Crippen LogP contribution is 2.23. The average Bonchev–Trinajstić information content (AvgIpc) is 2.97. The molecule has 0 fully saturated rings. The van der Waals surface area contributed by atoms with Crippen molar-refractivity contribution >= 4 is 38.7 Å². The fraction of sp³-hybridized carbons (Fsp3) is 0.0833. The molecule has 0 bridgehead atoms. The van der Waals surface area contributed by atoms with Gasteiger partial charge in [0.05, 0.1) is 16.9 Å². The molecule has 8 nitrogen and oxygen atoms in total. The second-order valence-corrected chi connectivity index (χ2v) is 6.64. The maximum atomic E-state index is 12.2. The van der Waals surface area contributed by atoms with Gasteiger partial charge in [0.2, 0.25) is 0 Å². The van der Waals surface area contributed by atoms with Crippen LogP contribution in [0.5, 0.6) is 0 Å². The van der Waals surface area contributed by atoms with Crippen molar-refractivity contribution in [1.82, 2.24) is 0 Å². The van der Waals surface area contributed by atoms with Crippen LogP contribution in [0.4, 0.5) is 11.4 Å². The minimum atomic E-state index is -3.88. The molecule has 0 unspecified atom stereocenters. The minimum absolute atomic E-state index is 0.0868. The molecular weight excluding hydrogens is 332 g/mol. The first kappa shape index (κ1) is 15.9. The predicted octanol–water partition coefficient (Wildman–Crippen LogP) is 2.24. The van der Waals surface area contributed by atoms with E-state index in [2.05, 4.69) is 9.46 Å². The molecular formula is C12H10N2O6S2. The van der Waals surface area contributed by atoms with Gasteiger partial charge in [-0.3, -0.25) is 14.8 Å². The van der Waals surface area contributed by atoms with E-state index in [0.717, 1.165) is 11.3 Å². The molecule has 2 aromatic rings. The van der Waals surface area contributed by atoms with Gasteiger partial charge in [0.1, 0.15) is 4.88 Å². The third-order valence-electron chi connectivity index (χ3n) is 2.60. The van der Waals surface area contributed by atoms with Gasteiger partial charge in [0.25, 0.3) is 15.7 Å². The summed E-state index contributed by atoms with van der Waals surface area (Å²) in [5, 5.41) is 11.8. The summed E-state index contributed by atoms with van der Waals surface area (Å²) in [7, 11) is -2.68. The molecule has 1 heterocycles.